The minimum Gasteiger partial charge on any atom is -0.379 e. The Hall–Kier alpha value is -2.21. The van der Waals surface area contributed by atoms with E-state index in [1.54, 1.807) is 0 Å². The zero-order valence-electron chi connectivity index (χ0n) is 20.4. The molecule has 3 fully saturated rings. The molecule has 1 unspecified atom stereocenters. The quantitative estimate of drug-likeness (QED) is 0.542. The number of carbonyl (C=O) groups excluding carboxylic acids is 1. The van der Waals surface area contributed by atoms with Gasteiger partial charge in [-0.1, -0.05) is 48.6 Å². The van der Waals surface area contributed by atoms with Gasteiger partial charge >= 0.3 is 0 Å². The van der Waals surface area contributed by atoms with Crippen LogP contribution in [0.15, 0.2) is 41.4 Å². The SMILES string of the molecule is Cc1cc(C)c(N=C2C(N3CCOCC3)C3(CCCCC3)C(=O)N2c2ccc(Cl)cc2)c(C)c1. The lowest BCUT2D eigenvalue weighted by molar-refractivity contribution is -0.130. The fraction of sp³-hybridized carbons (Fsp3) is 0.500. The molecule has 5 rings (SSSR count). The van der Waals surface area contributed by atoms with E-state index in [0.717, 1.165) is 67.1 Å². The summed E-state index contributed by atoms with van der Waals surface area (Å²) in [7, 11) is 0. The number of amides is 1. The first kappa shape index (κ1) is 23.5. The maximum Gasteiger partial charge on any atom is 0.240 e. The van der Waals surface area contributed by atoms with Gasteiger partial charge in [-0.25, -0.2) is 4.99 Å². The first-order valence-electron chi connectivity index (χ1n) is 12.5. The molecule has 2 aromatic carbocycles. The molecular weight excluding hydrogens is 446 g/mol. The van der Waals surface area contributed by atoms with E-state index in [-0.39, 0.29) is 11.9 Å². The summed E-state index contributed by atoms with van der Waals surface area (Å²) in [6.45, 7) is 9.36. The van der Waals surface area contributed by atoms with Crippen LogP contribution in [0.1, 0.15) is 48.8 Å². The number of halogens is 1. The van der Waals surface area contributed by atoms with E-state index >= 15 is 0 Å². The second-order valence-electron chi connectivity index (χ2n) is 10.1. The lowest BCUT2D eigenvalue weighted by Crippen LogP contribution is -2.54. The van der Waals surface area contributed by atoms with Gasteiger partial charge in [0.15, 0.2) is 0 Å². The Balaban J connectivity index is 1.72. The molecule has 1 aliphatic carbocycles. The van der Waals surface area contributed by atoms with Crippen LogP contribution >= 0.6 is 11.6 Å². The Morgan fingerprint density at radius 2 is 1.59 bits per heavy atom. The van der Waals surface area contributed by atoms with Crippen LogP contribution in [0.4, 0.5) is 11.4 Å². The van der Waals surface area contributed by atoms with Crippen molar-refractivity contribution in [2.75, 3.05) is 31.2 Å². The monoisotopic (exact) mass is 479 g/mol. The number of hydrogen-bond acceptors (Lipinski definition) is 4. The van der Waals surface area contributed by atoms with E-state index in [1.807, 2.05) is 29.2 Å². The highest BCUT2D eigenvalue weighted by atomic mass is 35.5. The standard InChI is InChI=1S/C28H34ClN3O2/c1-19-17-20(2)24(21(3)18-19)30-26-25(31-13-15-34-16-14-31)28(11-5-4-6-12-28)27(33)32(26)23-9-7-22(29)8-10-23/h7-10,17-18,25H,4-6,11-16H2,1-3H3. The topological polar surface area (TPSA) is 45.1 Å². The zero-order chi connectivity index (χ0) is 23.9. The van der Waals surface area contributed by atoms with Crippen LogP contribution in [0, 0.1) is 26.2 Å². The van der Waals surface area contributed by atoms with Gasteiger partial charge in [0.2, 0.25) is 5.91 Å². The largest absolute Gasteiger partial charge is 0.379 e. The molecule has 6 heteroatoms. The van der Waals surface area contributed by atoms with Crippen molar-refractivity contribution in [3.8, 4) is 0 Å². The second-order valence-corrected chi connectivity index (χ2v) is 10.5. The van der Waals surface area contributed by atoms with Crippen LogP contribution in [0.2, 0.25) is 5.02 Å². The van der Waals surface area contributed by atoms with E-state index in [0.29, 0.717) is 18.2 Å². The van der Waals surface area contributed by atoms with E-state index in [4.69, 9.17) is 21.3 Å². The molecule has 2 heterocycles. The fourth-order valence-corrected chi connectivity index (χ4v) is 6.37. The number of ether oxygens (including phenoxy) is 1. The van der Waals surface area contributed by atoms with E-state index < -0.39 is 5.41 Å². The van der Waals surface area contributed by atoms with Crippen molar-refractivity contribution in [1.82, 2.24) is 4.90 Å². The summed E-state index contributed by atoms with van der Waals surface area (Å²) in [5, 5.41) is 0.663. The van der Waals surface area contributed by atoms with Crippen molar-refractivity contribution in [3.05, 3.63) is 58.1 Å². The third kappa shape index (κ3) is 4.08. The summed E-state index contributed by atoms with van der Waals surface area (Å²) in [5.41, 5.74) is 4.87. The van der Waals surface area contributed by atoms with Crippen LogP contribution in [0.5, 0.6) is 0 Å². The number of hydrogen-bond donors (Lipinski definition) is 0. The number of morpholine rings is 1. The van der Waals surface area contributed by atoms with Gasteiger partial charge in [0.25, 0.3) is 0 Å². The Labute approximate surface area is 207 Å². The molecule has 0 N–H and O–H groups in total. The van der Waals surface area contributed by atoms with Gasteiger partial charge in [0, 0.05) is 18.1 Å². The molecule has 0 radical (unpaired) electrons. The molecule has 2 saturated heterocycles. The summed E-state index contributed by atoms with van der Waals surface area (Å²) in [5.74, 6) is 1.04. The molecule has 0 aromatic heterocycles. The third-order valence-corrected chi connectivity index (χ3v) is 7.98. The van der Waals surface area contributed by atoms with Gasteiger partial charge in [-0.3, -0.25) is 14.6 Å². The highest BCUT2D eigenvalue weighted by Crippen LogP contribution is 2.50. The lowest BCUT2D eigenvalue weighted by Gasteiger charge is -2.42. The molecule has 3 aliphatic rings. The molecule has 5 nitrogen and oxygen atoms in total. The van der Waals surface area contributed by atoms with Gasteiger partial charge in [-0.2, -0.15) is 0 Å². The first-order valence-corrected chi connectivity index (χ1v) is 12.9. The fourth-order valence-electron chi connectivity index (χ4n) is 6.25. The number of anilines is 1. The molecule has 2 aromatic rings. The number of carbonyl (C=O) groups is 1. The molecule has 1 spiro atoms. The highest BCUT2D eigenvalue weighted by molar-refractivity contribution is 6.31. The molecule has 34 heavy (non-hydrogen) atoms. The number of amidine groups is 1. The summed E-state index contributed by atoms with van der Waals surface area (Å²) >= 11 is 6.21. The summed E-state index contributed by atoms with van der Waals surface area (Å²) in [6, 6.07) is 11.9. The Morgan fingerprint density at radius 1 is 0.971 bits per heavy atom. The third-order valence-electron chi connectivity index (χ3n) is 7.73. The van der Waals surface area contributed by atoms with Gasteiger partial charge in [0.1, 0.15) is 5.84 Å². The van der Waals surface area contributed by atoms with E-state index in [2.05, 4.69) is 37.8 Å². The van der Waals surface area contributed by atoms with Crippen LogP contribution in [-0.2, 0) is 9.53 Å². The van der Waals surface area contributed by atoms with Crippen molar-refractivity contribution >= 4 is 34.7 Å². The smallest absolute Gasteiger partial charge is 0.240 e. The van der Waals surface area contributed by atoms with Gasteiger partial charge < -0.3 is 4.74 Å². The van der Waals surface area contributed by atoms with Gasteiger partial charge in [0.05, 0.1) is 36.0 Å². The Kier molecular flexibility index (Phi) is 6.54. The Bertz CT molecular complexity index is 1080. The normalized spacial score (nSPS) is 24.4. The summed E-state index contributed by atoms with van der Waals surface area (Å²) < 4.78 is 5.70. The molecule has 180 valence electrons. The molecule has 1 amide bonds. The van der Waals surface area contributed by atoms with Crippen molar-refractivity contribution < 1.29 is 9.53 Å². The van der Waals surface area contributed by atoms with E-state index in [1.165, 1.54) is 12.0 Å². The lowest BCUT2D eigenvalue weighted by atomic mass is 9.69. The van der Waals surface area contributed by atoms with Crippen LogP contribution in [-0.4, -0.2) is 49.0 Å². The number of aliphatic imine (C=N–C) groups is 1. The van der Waals surface area contributed by atoms with Crippen LogP contribution < -0.4 is 4.90 Å². The summed E-state index contributed by atoms with van der Waals surface area (Å²) in [6.07, 6.45) is 5.16. The Morgan fingerprint density at radius 3 is 2.21 bits per heavy atom. The zero-order valence-corrected chi connectivity index (χ0v) is 21.2. The average molecular weight is 480 g/mol. The molecule has 2 aliphatic heterocycles. The number of nitrogens with zero attached hydrogens (tertiary/aromatic N) is 3. The average Bonchev–Trinajstić information content (AvgIpc) is 3.05. The maximum atomic E-state index is 14.4. The van der Waals surface area contributed by atoms with E-state index in [9.17, 15) is 4.79 Å². The minimum atomic E-state index is -0.444. The second kappa shape index (κ2) is 9.44. The van der Waals surface area contributed by atoms with Crippen molar-refractivity contribution in [1.29, 1.82) is 0 Å². The first-order chi connectivity index (χ1) is 16.4. The van der Waals surface area contributed by atoms with Crippen LogP contribution in [0.25, 0.3) is 0 Å². The van der Waals surface area contributed by atoms with Crippen LogP contribution in [0.3, 0.4) is 0 Å². The van der Waals surface area contributed by atoms with Gasteiger partial charge in [-0.15, -0.1) is 0 Å². The van der Waals surface area contributed by atoms with Crippen molar-refractivity contribution in [3.63, 3.8) is 0 Å². The molecule has 1 atom stereocenters. The number of benzene rings is 2. The maximum absolute atomic E-state index is 14.4. The molecule has 0 bridgehead atoms. The number of aryl methyl sites for hydroxylation is 3. The summed E-state index contributed by atoms with van der Waals surface area (Å²) in [4.78, 5) is 24.1. The number of rotatable bonds is 3. The highest BCUT2D eigenvalue weighted by Gasteiger charge is 2.60. The molecule has 1 saturated carbocycles. The van der Waals surface area contributed by atoms with Gasteiger partial charge in [-0.05, 0) is 69.0 Å². The predicted molar refractivity (Wildman–Crippen MR) is 138 cm³/mol. The van der Waals surface area contributed by atoms with Crippen molar-refractivity contribution in [2.24, 2.45) is 10.4 Å². The molecular formula is C28H34ClN3O2. The minimum absolute atomic E-state index is 0.0556. The van der Waals surface area contributed by atoms with Crippen molar-refractivity contribution in [2.45, 2.75) is 58.9 Å². The predicted octanol–water partition coefficient (Wildman–Crippen LogP) is 5.99.